The number of hydrogen-bond acceptors (Lipinski definition) is 6. The summed E-state index contributed by atoms with van der Waals surface area (Å²) in [5.74, 6) is 1.98. The van der Waals surface area contributed by atoms with E-state index in [9.17, 15) is 9.11 Å². The van der Waals surface area contributed by atoms with Crippen molar-refractivity contribution in [2.45, 2.75) is 31.7 Å². The van der Waals surface area contributed by atoms with E-state index >= 15 is 0 Å². The molecule has 0 atom stereocenters. The van der Waals surface area contributed by atoms with E-state index in [-0.39, 0.29) is 5.41 Å². The van der Waals surface area contributed by atoms with E-state index in [2.05, 4.69) is 15.4 Å². The molecule has 30 heavy (non-hydrogen) atoms. The Morgan fingerprint density at radius 3 is 2.33 bits per heavy atom. The maximum absolute atomic E-state index is 10.2. The fraction of sp³-hybridized carbons (Fsp3) is 0.391. The van der Waals surface area contributed by atoms with Gasteiger partial charge in [0, 0.05) is 12.6 Å². The van der Waals surface area contributed by atoms with Crippen molar-refractivity contribution in [3.8, 4) is 22.9 Å². The van der Waals surface area contributed by atoms with Crippen LogP contribution in [0.3, 0.4) is 0 Å². The highest BCUT2D eigenvalue weighted by Crippen LogP contribution is 2.53. The molecule has 156 valence electrons. The molecule has 0 spiro atoms. The van der Waals surface area contributed by atoms with Gasteiger partial charge in [0.15, 0.2) is 0 Å². The van der Waals surface area contributed by atoms with Crippen LogP contribution in [0.15, 0.2) is 52.9 Å². The summed E-state index contributed by atoms with van der Waals surface area (Å²) in [6.45, 7) is 1.17. The van der Waals surface area contributed by atoms with Gasteiger partial charge in [0.05, 0.1) is 22.8 Å². The molecular weight excluding hydrogens is 398 g/mol. The first-order valence-corrected chi connectivity index (χ1v) is 12.0. The number of benzene rings is 2. The van der Waals surface area contributed by atoms with Crippen molar-refractivity contribution >= 4 is 16.6 Å². The Labute approximate surface area is 178 Å². The van der Waals surface area contributed by atoms with E-state index < -0.39 is 10.8 Å². The second-order valence-corrected chi connectivity index (χ2v) is 10.3. The van der Waals surface area contributed by atoms with Crippen LogP contribution >= 0.6 is 10.8 Å². The fourth-order valence-corrected chi connectivity index (χ4v) is 6.03. The molecule has 3 fully saturated rings. The van der Waals surface area contributed by atoms with Gasteiger partial charge in [-0.25, -0.2) is 0 Å². The van der Waals surface area contributed by atoms with Gasteiger partial charge in [-0.2, -0.15) is 5.26 Å². The monoisotopic (exact) mass is 423 g/mol. The number of fused-ring (bicyclic) bond motifs is 2. The number of rotatable bonds is 4. The minimum absolute atomic E-state index is 0.231. The first-order valence-electron chi connectivity index (χ1n) is 10.3. The Morgan fingerprint density at radius 2 is 1.70 bits per heavy atom. The van der Waals surface area contributed by atoms with Crippen molar-refractivity contribution in [3.05, 3.63) is 54.1 Å². The minimum Gasteiger partial charge on any atom is -0.493 e. The van der Waals surface area contributed by atoms with Crippen LogP contribution < -0.4 is 4.74 Å². The summed E-state index contributed by atoms with van der Waals surface area (Å²) in [6.07, 6.45) is 4.18. The van der Waals surface area contributed by atoms with Gasteiger partial charge in [-0.3, -0.25) is 9.11 Å². The second-order valence-electron chi connectivity index (χ2n) is 8.46. The van der Waals surface area contributed by atoms with Crippen LogP contribution in [0.4, 0.5) is 0 Å². The van der Waals surface area contributed by atoms with Crippen LogP contribution in [0.2, 0.25) is 0 Å². The Kier molecular flexibility index (Phi) is 4.73. The van der Waals surface area contributed by atoms with Crippen molar-refractivity contribution in [3.63, 3.8) is 0 Å². The van der Waals surface area contributed by atoms with Gasteiger partial charge in [0.1, 0.15) is 18.2 Å². The van der Waals surface area contributed by atoms with E-state index in [1.54, 1.807) is 0 Å². The fourth-order valence-electron chi connectivity index (χ4n) is 4.92. The van der Waals surface area contributed by atoms with Crippen molar-refractivity contribution in [2.24, 2.45) is 9.81 Å². The van der Waals surface area contributed by atoms with Crippen molar-refractivity contribution in [1.82, 2.24) is 4.90 Å². The first-order chi connectivity index (χ1) is 14.5. The molecule has 2 saturated heterocycles. The average molecular weight is 424 g/mol. The third-order valence-corrected chi connectivity index (χ3v) is 7.85. The largest absolute Gasteiger partial charge is 0.493 e. The first kappa shape index (κ1) is 19.4. The molecular formula is C23H25N3O3S. The third-order valence-electron chi connectivity index (χ3n) is 6.65. The van der Waals surface area contributed by atoms with E-state index in [1.165, 1.54) is 0 Å². The lowest BCUT2D eigenvalue weighted by atomic mass is 9.67. The number of amidine groups is 1. The van der Waals surface area contributed by atoms with Gasteiger partial charge >= 0.3 is 0 Å². The highest BCUT2D eigenvalue weighted by molar-refractivity contribution is 8.23. The van der Waals surface area contributed by atoms with Gasteiger partial charge in [0.25, 0.3) is 0 Å². The number of nitriles is 1. The zero-order chi connectivity index (χ0) is 20.8. The average Bonchev–Trinajstić information content (AvgIpc) is 2.78. The molecule has 2 N–H and O–H groups in total. The molecule has 0 unspecified atom stereocenters. The quantitative estimate of drug-likeness (QED) is 0.728. The molecule has 2 aromatic carbocycles. The van der Waals surface area contributed by atoms with Gasteiger partial charge in [-0.1, -0.05) is 35.0 Å². The van der Waals surface area contributed by atoms with E-state index in [0.717, 1.165) is 48.4 Å². The number of ether oxygens (including phenoxy) is 1. The summed E-state index contributed by atoms with van der Waals surface area (Å²) in [5, 5.41) is 8.94. The standard InChI is InChI=1S/C23H25N3O3S/c24-15-17-1-3-18(4-2-17)19-5-7-21(8-6-19)29-16-23-11-9-20(10-12-23)26-13-14-30(27,28)25-22(23)26/h1-8,20,27-28H,9-14,16H2. The van der Waals surface area contributed by atoms with Crippen molar-refractivity contribution < 1.29 is 13.8 Å². The third kappa shape index (κ3) is 3.45. The summed E-state index contributed by atoms with van der Waals surface area (Å²) >= 11 is 0. The number of nitrogens with zero attached hydrogens (tertiary/aromatic N) is 3. The Hall–Kier alpha value is -2.53. The van der Waals surface area contributed by atoms with Crippen LogP contribution in [-0.2, 0) is 0 Å². The van der Waals surface area contributed by atoms with Crippen LogP contribution in [0, 0.1) is 16.7 Å². The summed E-state index contributed by atoms with van der Waals surface area (Å²) in [4.78, 5) is 2.29. The Balaban J connectivity index is 1.32. The van der Waals surface area contributed by atoms with E-state index in [1.807, 2.05) is 48.5 Å². The summed E-state index contributed by atoms with van der Waals surface area (Å²) in [5.41, 5.74) is 2.54. The van der Waals surface area contributed by atoms with Gasteiger partial charge < -0.3 is 9.64 Å². The molecule has 7 heteroatoms. The predicted octanol–water partition coefficient (Wildman–Crippen LogP) is 4.93. The molecule has 3 heterocycles. The van der Waals surface area contributed by atoms with Crippen molar-refractivity contribution in [1.29, 1.82) is 5.26 Å². The molecule has 4 aliphatic rings. The van der Waals surface area contributed by atoms with Crippen molar-refractivity contribution in [2.75, 3.05) is 18.9 Å². The molecule has 6 rings (SSSR count). The SMILES string of the molecule is N#Cc1ccc(-c2ccc(OCC34CCC(CC3)N3CCS(O)(O)N=C34)cc2)cc1. The minimum atomic E-state index is -2.87. The van der Waals surface area contributed by atoms with Gasteiger partial charge in [0.2, 0.25) is 0 Å². The smallest absolute Gasteiger partial charge is 0.134 e. The van der Waals surface area contributed by atoms with Crippen LogP contribution in [0.25, 0.3) is 11.1 Å². The lowest BCUT2D eigenvalue weighted by molar-refractivity contribution is 0.0651. The number of piperidine rings is 2. The number of hydrogen-bond donors (Lipinski definition) is 2. The van der Waals surface area contributed by atoms with E-state index in [4.69, 9.17) is 10.00 Å². The Morgan fingerprint density at radius 1 is 1.07 bits per heavy atom. The maximum atomic E-state index is 10.2. The molecule has 1 aliphatic carbocycles. The maximum Gasteiger partial charge on any atom is 0.134 e. The molecule has 2 bridgehead atoms. The zero-order valence-corrected chi connectivity index (χ0v) is 17.5. The normalized spacial score (nSPS) is 27.6. The lowest BCUT2D eigenvalue weighted by Crippen LogP contribution is -2.62. The predicted molar refractivity (Wildman–Crippen MR) is 119 cm³/mol. The molecule has 1 saturated carbocycles. The van der Waals surface area contributed by atoms with Gasteiger partial charge in [-0.15, -0.1) is 4.40 Å². The summed E-state index contributed by atoms with van der Waals surface area (Å²) in [7, 11) is -2.87. The molecule has 0 amide bonds. The highest BCUT2D eigenvalue weighted by atomic mass is 32.3. The van der Waals surface area contributed by atoms with Crippen LogP contribution in [-0.4, -0.2) is 44.8 Å². The summed E-state index contributed by atoms with van der Waals surface area (Å²) in [6, 6.07) is 18.1. The highest BCUT2D eigenvalue weighted by Gasteiger charge is 2.52. The van der Waals surface area contributed by atoms with Crippen LogP contribution in [0.5, 0.6) is 5.75 Å². The topological polar surface area (TPSA) is 89.1 Å². The molecule has 0 aromatic heterocycles. The lowest BCUT2D eigenvalue weighted by Gasteiger charge is -2.56. The molecule has 3 aliphatic heterocycles. The molecule has 0 radical (unpaired) electrons. The summed E-state index contributed by atoms with van der Waals surface area (Å²) < 4.78 is 31.0. The molecule has 6 nitrogen and oxygen atoms in total. The second kappa shape index (κ2) is 7.31. The van der Waals surface area contributed by atoms with E-state index in [0.29, 0.717) is 30.5 Å². The zero-order valence-electron chi connectivity index (χ0n) is 16.7. The molecule has 2 aromatic rings. The van der Waals surface area contributed by atoms with Gasteiger partial charge in [-0.05, 0) is 61.1 Å². The van der Waals surface area contributed by atoms with Crippen LogP contribution in [0.1, 0.15) is 31.2 Å². The Bertz CT molecular complexity index is 1000.